The summed E-state index contributed by atoms with van der Waals surface area (Å²) in [7, 11) is 0. The van der Waals surface area contributed by atoms with Gasteiger partial charge in [-0.25, -0.2) is 0 Å². The van der Waals surface area contributed by atoms with Crippen molar-refractivity contribution in [3.8, 4) is 0 Å². The Morgan fingerprint density at radius 2 is 2.12 bits per heavy atom. The Balaban J connectivity index is 2.25. The fraction of sp³-hybridized carbons (Fsp3) is 1.00. The SMILES string of the molecule is CC(CCNC(C)(C)C)N1CCSCC1C. The van der Waals surface area contributed by atoms with Gasteiger partial charge in [0.25, 0.3) is 0 Å². The molecular weight excluding hydrogens is 216 g/mol. The van der Waals surface area contributed by atoms with E-state index in [0.29, 0.717) is 6.04 Å². The van der Waals surface area contributed by atoms with Gasteiger partial charge in [-0.3, -0.25) is 4.90 Å². The molecule has 16 heavy (non-hydrogen) atoms. The number of hydrogen-bond donors (Lipinski definition) is 1. The lowest BCUT2D eigenvalue weighted by molar-refractivity contribution is 0.162. The van der Waals surface area contributed by atoms with Crippen LogP contribution in [0, 0.1) is 0 Å². The van der Waals surface area contributed by atoms with Gasteiger partial charge in [0.05, 0.1) is 0 Å². The lowest BCUT2D eigenvalue weighted by atomic mass is 10.1. The van der Waals surface area contributed by atoms with Gasteiger partial charge in [0.2, 0.25) is 0 Å². The number of rotatable bonds is 4. The van der Waals surface area contributed by atoms with Crippen molar-refractivity contribution in [2.24, 2.45) is 0 Å². The molecule has 1 N–H and O–H groups in total. The third-order valence-electron chi connectivity index (χ3n) is 3.20. The molecule has 0 aromatic heterocycles. The largest absolute Gasteiger partial charge is 0.312 e. The molecule has 96 valence electrons. The molecule has 0 aromatic rings. The number of nitrogens with zero attached hydrogens (tertiary/aromatic N) is 1. The fourth-order valence-corrected chi connectivity index (χ4v) is 3.26. The van der Waals surface area contributed by atoms with Crippen LogP contribution in [0.4, 0.5) is 0 Å². The minimum Gasteiger partial charge on any atom is -0.312 e. The summed E-state index contributed by atoms with van der Waals surface area (Å²) >= 11 is 2.09. The molecule has 0 amide bonds. The van der Waals surface area contributed by atoms with Gasteiger partial charge in [-0.1, -0.05) is 0 Å². The molecule has 0 aliphatic carbocycles. The highest BCUT2D eigenvalue weighted by atomic mass is 32.2. The molecular formula is C13H28N2S. The molecule has 0 radical (unpaired) electrons. The smallest absolute Gasteiger partial charge is 0.0161 e. The summed E-state index contributed by atoms with van der Waals surface area (Å²) in [4.78, 5) is 2.67. The first kappa shape index (κ1) is 14.3. The minimum atomic E-state index is 0.253. The third kappa shape index (κ3) is 5.07. The van der Waals surface area contributed by atoms with E-state index >= 15 is 0 Å². The maximum Gasteiger partial charge on any atom is 0.0161 e. The van der Waals surface area contributed by atoms with E-state index in [-0.39, 0.29) is 5.54 Å². The van der Waals surface area contributed by atoms with Crippen LogP contribution in [0.2, 0.25) is 0 Å². The second kappa shape index (κ2) is 6.27. The van der Waals surface area contributed by atoms with Crippen molar-refractivity contribution in [3.05, 3.63) is 0 Å². The zero-order valence-electron chi connectivity index (χ0n) is 11.5. The molecule has 1 heterocycles. The van der Waals surface area contributed by atoms with Gasteiger partial charge in [-0.2, -0.15) is 11.8 Å². The highest BCUT2D eigenvalue weighted by Gasteiger charge is 2.23. The quantitative estimate of drug-likeness (QED) is 0.818. The van der Waals surface area contributed by atoms with Crippen LogP contribution in [0.1, 0.15) is 41.0 Å². The van der Waals surface area contributed by atoms with Crippen LogP contribution in [0.15, 0.2) is 0 Å². The molecule has 1 aliphatic rings. The summed E-state index contributed by atoms with van der Waals surface area (Å²) in [6, 6.07) is 1.47. The zero-order valence-corrected chi connectivity index (χ0v) is 12.4. The third-order valence-corrected chi connectivity index (χ3v) is 4.39. The number of hydrogen-bond acceptors (Lipinski definition) is 3. The van der Waals surface area contributed by atoms with E-state index in [1.165, 1.54) is 24.5 Å². The van der Waals surface area contributed by atoms with Crippen molar-refractivity contribution in [1.29, 1.82) is 0 Å². The first-order chi connectivity index (χ1) is 7.40. The predicted molar refractivity (Wildman–Crippen MR) is 75.3 cm³/mol. The molecule has 1 fully saturated rings. The van der Waals surface area contributed by atoms with Crippen LogP contribution in [0.5, 0.6) is 0 Å². The summed E-state index contributed by atoms with van der Waals surface area (Å²) < 4.78 is 0. The summed E-state index contributed by atoms with van der Waals surface area (Å²) in [5.74, 6) is 2.61. The Kier molecular flexibility index (Phi) is 5.62. The lowest BCUT2D eigenvalue weighted by Crippen LogP contribution is -2.47. The average Bonchev–Trinajstić information content (AvgIpc) is 2.16. The highest BCUT2D eigenvalue weighted by Crippen LogP contribution is 2.19. The van der Waals surface area contributed by atoms with Gasteiger partial charge in [0, 0.05) is 35.7 Å². The Labute approximate surface area is 106 Å². The monoisotopic (exact) mass is 244 g/mol. The first-order valence-corrected chi connectivity index (χ1v) is 7.64. The molecule has 0 spiro atoms. The lowest BCUT2D eigenvalue weighted by Gasteiger charge is -2.38. The Bertz CT molecular complexity index is 201. The van der Waals surface area contributed by atoms with E-state index in [9.17, 15) is 0 Å². The van der Waals surface area contributed by atoms with Crippen LogP contribution in [-0.4, -0.2) is 47.1 Å². The molecule has 1 saturated heterocycles. The molecule has 3 heteroatoms. The van der Waals surface area contributed by atoms with Crippen LogP contribution in [0.25, 0.3) is 0 Å². The molecule has 1 aliphatic heterocycles. The van der Waals surface area contributed by atoms with Crippen molar-refractivity contribution < 1.29 is 0 Å². The van der Waals surface area contributed by atoms with Gasteiger partial charge >= 0.3 is 0 Å². The highest BCUT2D eigenvalue weighted by molar-refractivity contribution is 7.99. The molecule has 1 rings (SSSR count). The minimum absolute atomic E-state index is 0.253. The second-order valence-corrected chi connectivity index (χ2v) is 7.13. The van der Waals surface area contributed by atoms with Crippen molar-refractivity contribution in [3.63, 3.8) is 0 Å². The normalized spacial score (nSPS) is 25.7. The Morgan fingerprint density at radius 3 is 2.69 bits per heavy atom. The maximum absolute atomic E-state index is 3.57. The maximum atomic E-state index is 3.57. The van der Waals surface area contributed by atoms with Crippen LogP contribution in [0.3, 0.4) is 0 Å². The van der Waals surface area contributed by atoms with E-state index in [1.54, 1.807) is 0 Å². The van der Waals surface area contributed by atoms with E-state index in [2.05, 4.69) is 56.6 Å². The summed E-state index contributed by atoms with van der Waals surface area (Å²) in [6.07, 6.45) is 1.26. The van der Waals surface area contributed by atoms with Crippen molar-refractivity contribution in [2.75, 3.05) is 24.6 Å². The molecule has 0 aromatic carbocycles. The van der Waals surface area contributed by atoms with Gasteiger partial charge < -0.3 is 5.32 Å². The van der Waals surface area contributed by atoms with Gasteiger partial charge in [-0.05, 0) is 47.6 Å². The fourth-order valence-electron chi connectivity index (χ4n) is 2.22. The predicted octanol–water partition coefficient (Wildman–Crippen LogP) is 2.59. The summed E-state index contributed by atoms with van der Waals surface area (Å²) in [6.45, 7) is 13.8. The topological polar surface area (TPSA) is 15.3 Å². The zero-order chi connectivity index (χ0) is 12.2. The van der Waals surface area contributed by atoms with Crippen molar-refractivity contribution in [2.45, 2.75) is 58.7 Å². The summed E-state index contributed by atoms with van der Waals surface area (Å²) in [5, 5.41) is 3.57. The first-order valence-electron chi connectivity index (χ1n) is 6.48. The van der Waals surface area contributed by atoms with Gasteiger partial charge in [0.1, 0.15) is 0 Å². The van der Waals surface area contributed by atoms with E-state index in [0.717, 1.165) is 12.6 Å². The number of thioether (sulfide) groups is 1. The molecule has 2 unspecified atom stereocenters. The Hall–Kier alpha value is 0.270. The Morgan fingerprint density at radius 1 is 1.44 bits per heavy atom. The van der Waals surface area contributed by atoms with Gasteiger partial charge in [-0.15, -0.1) is 0 Å². The van der Waals surface area contributed by atoms with Crippen molar-refractivity contribution in [1.82, 2.24) is 10.2 Å². The molecule has 2 atom stereocenters. The van der Waals surface area contributed by atoms with Gasteiger partial charge in [0.15, 0.2) is 0 Å². The van der Waals surface area contributed by atoms with E-state index in [1.807, 2.05) is 0 Å². The second-order valence-electron chi connectivity index (χ2n) is 5.98. The molecule has 2 nitrogen and oxygen atoms in total. The van der Waals surface area contributed by atoms with Crippen molar-refractivity contribution >= 4 is 11.8 Å². The van der Waals surface area contributed by atoms with E-state index in [4.69, 9.17) is 0 Å². The average molecular weight is 244 g/mol. The van der Waals surface area contributed by atoms with Crippen LogP contribution >= 0.6 is 11.8 Å². The molecule has 0 saturated carbocycles. The number of nitrogens with one attached hydrogen (secondary N) is 1. The van der Waals surface area contributed by atoms with Crippen LogP contribution in [-0.2, 0) is 0 Å². The standard InChI is InChI=1S/C13H28N2S/c1-11(6-7-14-13(3,4)5)15-8-9-16-10-12(15)2/h11-12,14H,6-10H2,1-5H3. The molecule has 0 bridgehead atoms. The summed E-state index contributed by atoms with van der Waals surface area (Å²) in [5.41, 5.74) is 0.253. The van der Waals surface area contributed by atoms with E-state index < -0.39 is 0 Å². The van der Waals surface area contributed by atoms with Crippen LogP contribution < -0.4 is 5.32 Å².